The minimum Gasteiger partial charge on any atom is -0.435 e. The fraction of sp³-hybridized carbons (Fsp3) is 0.333. The largest absolute Gasteiger partial charge is 0.435 e. The maximum Gasteiger partial charge on any atom is 0.387 e. The van der Waals surface area contributed by atoms with Crippen LogP contribution in [0.25, 0.3) is 0 Å². The fourth-order valence-corrected chi connectivity index (χ4v) is 5.70. The van der Waals surface area contributed by atoms with Crippen LogP contribution in [0, 0.1) is 11.3 Å². The second kappa shape index (κ2) is 10.5. The van der Waals surface area contributed by atoms with Crippen LogP contribution in [0.5, 0.6) is 5.75 Å². The molecule has 2 aliphatic heterocycles. The summed E-state index contributed by atoms with van der Waals surface area (Å²) in [4.78, 5) is 30.6. The van der Waals surface area contributed by atoms with Crippen LogP contribution in [-0.2, 0) is 19.5 Å². The van der Waals surface area contributed by atoms with E-state index in [0.717, 1.165) is 11.3 Å². The number of benzene rings is 2. The van der Waals surface area contributed by atoms with E-state index in [9.17, 15) is 23.6 Å². The highest BCUT2D eigenvalue weighted by Gasteiger charge is 2.39. The monoisotopic (exact) mass is 573 g/mol. The van der Waals surface area contributed by atoms with Crippen LogP contribution in [0.3, 0.4) is 0 Å². The molecule has 1 aromatic heterocycles. The molecule has 0 saturated heterocycles. The van der Waals surface area contributed by atoms with Gasteiger partial charge in [-0.05, 0) is 43.7 Å². The van der Waals surface area contributed by atoms with Crippen molar-refractivity contribution in [1.82, 2.24) is 19.6 Å². The van der Waals surface area contributed by atoms with Crippen molar-refractivity contribution in [1.29, 1.82) is 5.26 Å². The molecule has 0 saturated carbocycles. The molecule has 8 nitrogen and oxygen atoms in total. The second-order valence-electron chi connectivity index (χ2n) is 9.50. The molecule has 2 amide bonds. The predicted molar refractivity (Wildman–Crippen MR) is 139 cm³/mol. The molecule has 12 heteroatoms. The number of hydrogen-bond acceptors (Lipinski definition) is 5. The first-order chi connectivity index (χ1) is 18.6. The standard InChI is InChI=1S/C27H23Cl2F2N5O3/c1-14-11-22-20(13-35(14)25(37)18-7-8-21(28)19(12-32)23(18)29)24-26(38)34(9-10-36(24)33-22)15(2)16-3-5-17(6-4-16)39-27(30)31/h3-8,14-15,27H,9-11,13H2,1-2H3/t14-,15-/m1/s1. The molecule has 0 fully saturated rings. The molecule has 2 atom stereocenters. The summed E-state index contributed by atoms with van der Waals surface area (Å²) >= 11 is 12.4. The lowest BCUT2D eigenvalue weighted by Crippen LogP contribution is -2.44. The number of halogens is 4. The number of rotatable bonds is 5. The van der Waals surface area contributed by atoms with E-state index in [4.69, 9.17) is 23.2 Å². The summed E-state index contributed by atoms with van der Waals surface area (Å²) < 4.78 is 31.1. The molecule has 0 spiro atoms. The number of carbonyl (C=O) groups is 2. The van der Waals surface area contributed by atoms with Crippen LogP contribution in [0.15, 0.2) is 36.4 Å². The number of hydrogen-bond donors (Lipinski definition) is 0. The Morgan fingerprint density at radius 1 is 1.18 bits per heavy atom. The van der Waals surface area contributed by atoms with E-state index in [1.807, 2.05) is 19.9 Å². The van der Waals surface area contributed by atoms with Gasteiger partial charge in [0.1, 0.15) is 17.5 Å². The Hall–Kier alpha value is -3.68. The lowest BCUT2D eigenvalue weighted by molar-refractivity contribution is -0.0498. The molecule has 5 rings (SSSR count). The van der Waals surface area contributed by atoms with Gasteiger partial charge in [-0.15, -0.1) is 0 Å². The van der Waals surface area contributed by atoms with E-state index in [1.54, 1.807) is 26.6 Å². The van der Waals surface area contributed by atoms with Crippen molar-refractivity contribution >= 4 is 35.0 Å². The van der Waals surface area contributed by atoms with Gasteiger partial charge >= 0.3 is 6.61 Å². The summed E-state index contributed by atoms with van der Waals surface area (Å²) in [5, 5.41) is 14.2. The van der Waals surface area contributed by atoms with E-state index in [2.05, 4.69) is 9.84 Å². The minimum absolute atomic E-state index is 0.00826. The van der Waals surface area contributed by atoms with Crippen molar-refractivity contribution in [3.05, 3.63) is 80.1 Å². The van der Waals surface area contributed by atoms with Gasteiger partial charge < -0.3 is 14.5 Å². The molecule has 0 unspecified atom stereocenters. The Balaban J connectivity index is 1.42. The molecule has 0 bridgehead atoms. The van der Waals surface area contributed by atoms with Gasteiger partial charge in [-0.2, -0.15) is 19.1 Å². The van der Waals surface area contributed by atoms with E-state index in [1.165, 1.54) is 24.3 Å². The van der Waals surface area contributed by atoms with Gasteiger partial charge in [-0.3, -0.25) is 14.3 Å². The Bertz CT molecular complexity index is 1500. The van der Waals surface area contributed by atoms with Gasteiger partial charge in [-0.1, -0.05) is 35.3 Å². The summed E-state index contributed by atoms with van der Waals surface area (Å²) in [6, 6.07) is 10.5. The summed E-state index contributed by atoms with van der Waals surface area (Å²) in [6.45, 7) is 1.89. The average molecular weight is 574 g/mol. The van der Waals surface area contributed by atoms with Crippen molar-refractivity contribution in [2.45, 2.75) is 52.1 Å². The maximum atomic E-state index is 13.7. The van der Waals surface area contributed by atoms with Crippen LogP contribution in [0.4, 0.5) is 8.78 Å². The maximum absolute atomic E-state index is 13.7. The molecule has 3 heterocycles. The number of aromatic nitrogens is 2. The number of nitriles is 1. The predicted octanol–water partition coefficient (Wildman–Crippen LogP) is 5.47. The van der Waals surface area contributed by atoms with Gasteiger partial charge in [0, 0.05) is 24.6 Å². The fourth-order valence-electron chi connectivity index (χ4n) is 5.16. The molecular weight excluding hydrogens is 551 g/mol. The smallest absolute Gasteiger partial charge is 0.387 e. The molecule has 0 radical (unpaired) electrons. The Morgan fingerprint density at radius 2 is 1.90 bits per heavy atom. The molecular formula is C27H23Cl2F2N5O3. The molecule has 39 heavy (non-hydrogen) atoms. The number of fused-ring (bicyclic) bond motifs is 3. The number of ether oxygens (including phenoxy) is 1. The lowest BCUT2D eigenvalue weighted by atomic mass is 9.97. The number of nitrogens with zero attached hydrogens (tertiary/aromatic N) is 5. The van der Waals surface area contributed by atoms with Crippen LogP contribution >= 0.6 is 23.2 Å². The molecule has 202 valence electrons. The first kappa shape index (κ1) is 26.9. The van der Waals surface area contributed by atoms with Gasteiger partial charge in [0.05, 0.1) is 46.0 Å². The highest BCUT2D eigenvalue weighted by atomic mass is 35.5. The van der Waals surface area contributed by atoms with Gasteiger partial charge in [0.2, 0.25) is 0 Å². The molecule has 2 aliphatic rings. The highest BCUT2D eigenvalue weighted by Crippen LogP contribution is 2.34. The third kappa shape index (κ3) is 4.81. The van der Waals surface area contributed by atoms with Crippen LogP contribution in [-0.4, -0.2) is 50.6 Å². The summed E-state index contributed by atoms with van der Waals surface area (Å²) in [6.07, 6.45) is 0.450. The van der Waals surface area contributed by atoms with Gasteiger partial charge in [0.15, 0.2) is 0 Å². The Morgan fingerprint density at radius 3 is 2.56 bits per heavy atom. The van der Waals surface area contributed by atoms with Gasteiger partial charge in [0.25, 0.3) is 11.8 Å². The third-order valence-electron chi connectivity index (χ3n) is 7.25. The number of amides is 2. The van der Waals surface area contributed by atoms with Crippen molar-refractivity contribution in [3.63, 3.8) is 0 Å². The first-order valence-electron chi connectivity index (χ1n) is 12.2. The summed E-state index contributed by atoms with van der Waals surface area (Å²) in [7, 11) is 0. The Labute approximate surface area is 233 Å². The normalized spacial score (nSPS) is 17.5. The molecule has 0 N–H and O–H groups in total. The first-order valence-corrected chi connectivity index (χ1v) is 13.0. The van der Waals surface area contributed by atoms with E-state index < -0.39 is 6.61 Å². The molecule has 0 aliphatic carbocycles. The van der Waals surface area contributed by atoms with Crippen LogP contribution < -0.4 is 4.74 Å². The zero-order chi connectivity index (χ0) is 28.0. The zero-order valence-corrected chi connectivity index (χ0v) is 22.5. The topological polar surface area (TPSA) is 91.5 Å². The zero-order valence-electron chi connectivity index (χ0n) is 21.0. The van der Waals surface area contributed by atoms with Crippen molar-refractivity contribution in [3.8, 4) is 11.8 Å². The van der Waals surface area contributed by atoms with E-state index in [0.29, 0.717) is 30.8 Å². The molecule has 3 aromatic rings. The van der Waals surface area contributed by atoms with Gasteiger partial charge in [-0.25, -0.2) is 0 Å². The average Bonchev–Trinajstić information content (AvgIpc) is 3.26. The Kier molecular flexibility index (Phi) is 7.23. The quantitative estimate of drug-likeness (QED) is 0.403. The minimum atomic E-state index is -2.92. The van der Waals surface area contributed by atoms with Crippen molar-refractivity contribution < 1.29 is 23.1 Å². The van der Waals surface area contributed by atoms with Crippen LogP contribution in [0.2, 0.25) is 10.0 Å². The SMILES string of the molecule is C[C@@H]1Cc2nn3c(c2CN1C(=O)c1ccc(Cl)c(C#N)c1Cl)C(=O)N([C@H](C)c1ccc(OC(F)F)cc1)CC3. The third-order valence-corrected chi connectivity index (χ3v) is 7.96. The second-order valence-corrected chi connectivity index (χ2v) is 10.3. The highest BCUT2D eigenvalue weighted by molar-refractivity contribution is 6.38. The van der Waals surface area contributed by atoms with Crippen molar-refractivity contribution in [2.75, 3.05) is 6.54 Å². The number of alkyl halides is 2. The molecule has 2 aromatic carbocycles. The van der Waals surface area contributed by atoms with E-state index >= 15 is 0 Å². The summed E-state index contributed by atoms with van der Waals surface area (Å²) in [5.41, 5.74) is 2.82. The van der Waals surface area contributed by atoms with Crippen molar-refractivity contribution in [2.24, 2.45) is 0 Å². The number of carbonyl (C=O) groups excluding carboxylic acids is 2. The summed E-state index contributed by atoms with van der Waals surface area (Å²) in [5.74, 6) is -0.556. The van der Waals surface area contributed by atoms with Crippen LogP contribution in [0.1, 0.15) is 63.1 Å². The van der Waals surface area contributed by atoms with E-state index in [-0.39, 0.29) is 57.4 Å². The lowest BCUT2D eigenvalue weighted by Gasteiger charge is -2.35.